The van der Waals surface area contributed by atoms with Crippen LogP contribution in [0.4, 0.5) is 10.1 Å². The first-order chi connectivity index (χ1) is 18.0. The topological polar surface area (TPSA) is 81.6 Å². The zero-order chi connectivity index (χ0) is 27.5. The predicted octanol–water partition coefficient (Wildman–Crippen LogP) is 6.03. The van der Waals surface area contributed by atoms with Gasteiger partial charge in [0, 0.05) is 23.4 Å². The van der Waals surface area contributed by atoms with Gasteiger partial charge in [0.05, 0.1) is 0 Å². The van der Waals surface area contributed by atoms with Crippen molar-refractivity contribution in [3.05, 3.63) is 99.9 Å². The third kappa shape index (κ3) is 6.07. The number of hydroxylamine groups is 1. The van der Waals surface area contributed by atoms with E-state index in [-0.39, 0.29) is 16.6 Å². The molecule has 0 heterocycles. The average Bonchev–Trinajstić information content (AvgIpc) is 2.90. The molecule has 0 fully saturated rings. The molecule has 4 rings (SSSR count). The first kappa shape index (κ1) is 27.4. The van der Waals surface area contributed by atoms with Gasteiger partial charge in [-0.25, -0.2) is 9.87 Å². The number of aliphatic hydroxyl groups excluding tert-OH is 1. The van der Waals surface area contributed by atoms with Crippen molar-refractivity contribution in [1.29, 1.82) is 0 Å². The summed E-state index contributed by atoms with van der Waals surface area (Å²) in [7, 11) is 0. The molecular formula is C32H35FN2O3. The minimum atomic E-state index is -1.00. The minimum absolute atomic E-state index is 0.0270. The van der Waals surface area contributed by atoms with E-state index < -0.39 is 12.0 Å². The second-order valence-electron chi connectivity index (χ2n) is 11.3. The van der Waals surface area contributed by atoms with Crippen molar-refractivity contribution < 1.29 is 19.5 Å². The summed E-state index contributed by atoms with van der Waals surface area (Å²) in [6, 6.07) is 17.1. The SMILES string of the molecule is CC1(C)CCC(C)(C)c2c(NCCc3ccc(F)cc3)cc(C(O)C#Cc3ccc(C(=O)NO)cc3)cc21. The third-order valence-electron chi connectivity index (χ3n) is 7.50. The van der Waals surface area contributed by atoms with E-state index in [4.69, 9.17) is 5.21 Å². The van der Waals surface area contributed by atoms with Gasteiger partial charge in [0.1, 0.15) is 11.9 Å². The number of nitrogens with one attached hydrogen (secondary N) is 2. The number of hydrogen-bond acceptors (Lipinski definition) is 4. The Morgan fingerprint density at radius 1 is 1.00 bits per heavy atom. The Labute approximate surface area is 224 Å². The van der Waals surface area contributed by atoms with Gasteiger partial charge < -0.3 is 10.4 Å². The Morgan fingerprint density at radius 3 is 2.32 bits per heavy atom. The van der Waals surface area contributed by atoms with Crippen LogP contribution >= 0.6 is 0 Å². The number of anilines is 1. The Morgan fingerprint density at radius 2 is 1.66 bits per heavy atom. The van der Waals surface area contributed by atoms with Gasteiger partial charge in [-0.3, -0.25) is 10.0 Å². The maximum absolute atomic E-state index is 13.3. The van der Waals surface area contributed by atoms with Crippen molar-refractivity contribution in [1.82, 2.24) is 5.48 Å². The molecule has 0 radical (unpaired) electrons. The molecule has 38 heavy (non-hydrogen) atoms. The van der Waals surface area contributed by atoms with Crippen LogP contribution in [-0.2, 0) is 17.3 Å². The lowest BCUT2D eigenvalue weighted by molar-refractivity contribution is 0.0706. The zero-order valence-corrected chi connectivity index (χ0v) is 22.4. The van der Waals surface area contributed by atoms with Gasteiger partial charge >= 0.3 is 0 Å². The number of aliphatic hydroxyl groups is 1. The van der Waals surface area contributed by atoms with Crippen LogP contribution in [-0.4, -0.2) is 22.8 Å². The molecule has 0 aliphatic heterocycles. The molecule has 4 N–H and O–H groups in total. The van der Waals surface area contributed by atoms with Crippen molar-refractivity contribution in [2.75, 3.05) is 11.9 Å². The number of rotatable bonds is 6. The van der Waals surface area contributed by atoms with Crippen LogP contribution in [0.25, 0.3) is 0 Å². The minimum Gasteiger partial charge on any atom is -0.384 e. The predicted molar refractivity (Wildman–Crippen MR) is 148 cm³/mol. The van der Waals surface area contributed by atoms with Crippen LogP contribution in [0, 0.1) is 17.7 Å². The van der Waals surface area contributed by atoms with Crippen LogP contribution in [0.15, 0.2) is 60.7 Å². The molecule has 0 saturated carbocycles. The summed E-state index contributed by atoms with van der Waals surface area (Å²) >= 11 is 0. The van der Waals surface area contributed by atoms with E-state index in [9.17, 15) is 14.3 Å². The van der Waals surface area contributed by atoms with Crippen LogP contribution in [0.1, 0.15) is 84.8 Å². The molecule has 0 aromatic heterocycles. The standard InChI is InChI=1S/C32H35FN2O3/c1-31(2)16-17-32(3,4)29-26(31)19-24(20-27(29)34-18-15-22-7-12-25(33)13-8-22)28(36)14-9-21-5-10-23(11-6-21)30(37)35-38/h5-8,10-13,19-20,28,34,36,38H,15-18H2,1-4H3,(H,35,37). The van der Waals surface area contributed by atoms with Gasteiger partial charge in [0.15, 0.2) is 0 Å². The van der Waals surface area contributed by atoms with E-state index in [1.54, 1.807) is 41.9 Å². The van der Waals surface area contributed by atoms with E-state index >= 15 is 0 Å². The summed E-state index contributed by atoms with van der Waals surface area (Å²) in [4.78, 5) is 11.5. The highest BCUT2D eigenvalue weighted by Gasteiger charge is 2.39. The number of carbonyl (C=O) groups is 1. The van der Waals surface area contributed by atoms with Crippen molar-refractivity contribution >= 4 is 11.6 Å². The van der Waals surface area contributed by atoms with Crippen LogP contribution < -0.4 is 10.8 Å². The van der Waals surface area contributed by atoms with Crippen LogP contribution in [0.5, 0.6) is 0 Å². The van der Waals surface area contributed by atoms with E-state index in [1.807, 2.05) is 6.07 Å². The van der Waals surface area contributed by atoms with Crippen molar-refractivity contribution in [3.8, 4) is 11.8 Å². The first-order valence-electron chi connectivity index (χ1n) is 12.9. The number of amides is 1. The lowest BCUT2D eigenvalue weighted by atomic mass is 9.62. The summed E-state index contributed by atoms with van der Waals surface area (Å²) in [5, 5.41) is 23.5. The summed E-state index contributed by atoms with van der Waals surface area (Å²) in [5.41, 5.74) is 7.76. The number of benzene rings is 3. The molecular weight excluding hydrogens is 479 g/mol. The van der Waals surface area contributed by atoms with Crippen molar-refractivity contribution in [2.45, 2.75) is 63.9 Å². The quantitative estimate of drug-likeness (QED) is 0.184. The second kappa shape index (κ2) is 11.0. The molecule has 3 aromatic rings. The fourth-order valence-electron chi connectivity index (χ4n) is 5.11. The summed E-state index contributed by atoms with van der Waals surface area (Å²) in [6.45, 7) is 9.70. The fourth-order valence-corrected chi connectivity index (χ4v) is 5.11. The molecule has 0 spiro atoms. The van der Waals surface area contributed by atoms with Crippen molar-refractivity contribution in [2.24, 2.45) is 0 Å². The monoisotopic (exact) mass is 514 g/mol. The zero-order valence-electron chi connectivity index (χ0n) is 22.4. The smallest absolute Gasteiger partial charge is 0.274 e. The molecule has 1 unspecified atom stereocenters. The molecule has 0 bridgehead atoms. The maximum Gasteiger partial charge on any atom is 0.274 e. The Hall–Kier alpha value is -3.66. The Bertz CT molecular complexity index is 1370. The average molecular weight is 515 g/mol. The van der Waals surface area contributed by atoms with E-state index in [2.05, 4.69) is 50.9 Å². The summed E-state index contributed by atoms with van der Waals surface area (Å²) < 4.78 is 13.3. The molecule has 5 nitrogen and oxygen atoms in total. The van der Waals surface area contributed by atoms with Crippen LogP contribution in [0.2, 0.25) is 0 Å². The van der Waals surface area contributed by atoms with Gasteiger partial charge in [0.25, 0.3) is 5.91 Å². The van der Waals surface area contributed by atoms with E-state index in [0.717, 1.165) is 36.1 Å². The molecule has 1 atom stereocenters. The first-order valence-corrected chi connectivity index (χ1v) is 12.9. The molecule has 6 heteroatoms. The molecule has 198 valence electrons. The third-order valence-corrected chi connectivity index (χ3v) is 7.50. The van der Waals surface area contributed by atoms with E-state index in [0.29, 0.717) is 17.7 Å². The Kier molecular flexibility index (Phi) is 7.91. The summed E-state index contributed by atoms with van der Waals surface area (Å²) in [5.74, 6) is 5.09. The molecule has 1 amide bonds. The number of fused-ring (bicyclic) bond motifs is 1. The molecule has 3 aromatic carbocycles. The molecule has 0 saturated heterocycles. The lowest BCUT2D eigenvalue weighted by Gasteiger charge is -2.43. The maximum atomic E-state index is 13.3. The van der Waals surface area contributed by atoms with Gasteiger partial charge in [0.2, 0.25) is 0 Å². The highest BCUT2D eigenvalue weighted by Crippen LogP contribution is 2.49. The second-order valence-corrected chi connectivity index (χ2v) is 11.3. The van der Waals surface area contributed by atoms with Crippen molar-refractivity contribution in [3.63, 3.8) is 0 Å². The van der Waals surface area contributed by atoms with Gasteiger partial charge in [-0.15, -0.1) is 0 Å². The van der Waals surface area contributed by atoms with Gasteiger partial charge in [-0.1, -0.05) is 57.7 Å². The van der Waals surface area contributed by atoms with Gasteiger partial charge in [-0.2, -0.15) is 0 Å². The largest absolute Gasteiger partial charge is 0.384 e. The lowest BCUT2D eigenvalue weighted by Crippen LogP contribution is -2.35. The number of halogens is 1. The summed E-state index contributed by atoms with van der Waals surface area (Å²) in [6.07, 6.45) is 1.85. The fraction of sp³-hybridized carbons (Fsp3) is 0.344. The van der Waals surface area contributed by atoms with Gasteiger partial charge in [-0.05, 0) is 94.8 Å². The number of carbonyl (C=O) groups excluding carboxylic acids is 1. The van der Waals surface area contributed by atoms with E-state index in [1.165, 1.54) is 23.3 Å². The van der Waals surface area contributed by atoms with Crippen LogP contribution in [0.3, 0.4) is 0 Å². The highest BCUT2D eigenvalue weighted by atomic mass is 19.1. The molecule has 1 aliphatic rings. The Balaban J connectivity index is 1.64. The number of hydrogen-bond donors (Lipinski definition) is 4. The normalized spacial score (nSPS) is 16.0. The highest BCUT2D eigenvalue weighted by molar-refractivity contribution is 5.93. The molecule has 1 aliphatic carbocycles.